The van der Waals surface area contributed by atoms with Crippen LogP contribution in [-0.4, -0.2) is 59.2 Å². The molecule has 3 aromatic rings. The topological polar surface area (TPSA) is 65.8 Å². The highest BCUT2D eigenvalue weighted by Gasteiger charge is 2.34. The molecule has 0 amide bonds. The highest BCUT2D eigenvalue weighted by Crippen LogP contribution is 2.40. The van der Waals surface area contributed by atoms with Gasteiger partial charge in [-0.3, -0.25) is 4.98 Å². The maximum absolute atomic E-state index is 13.8. The minimum atomic E-state index is -0.827. The first-order chi connectivity index (χ1) is 16.6. The van der Waals surface area contributed by atoms with Crippen LogP contribution in [0, 0.1) is 5.41 Å². The van der Waals surface area contributed by atoms with E-state index < -0.39 is 12.8 Å². The zero-order valence-electron chi connectivity index (χ0n) is 19.6. The maximum atomic E-state index is 13.8. The number of nitrogens with zero attached hydrogens (tertiary/aromatic N) is 2. The highest BCUT2D eigenvalue weighted by molar-refractivity contribution is 8.01. The zero-order chi connectivity index (χ0) is 24.0. The zero-order valence-corrected chi connectivity index (χ0v) is 21.2. The molecule has 5 nitrogen and oxygen atoms in total. The lowest BCUT2D eigenvalue weighted by Gasteiger charge is -2.41. The number of pyridine rings is 1. The van der Waals surface area contributed by atoms with Crippen LogP contribution < -0.4 is 4.74 Å². The fourth-order valence-corrected chi connectivity index (χ4v) is 6.67. The van der Waals surface area contributed by atoms with Crippen molar-refractivity contribution < 1.29 is 19.3 Å². The van der Waals surface area contributed by atoms with Crippen LogP contribution >= 0.6 is 23.1 Å². The largest absolute Gasteiger partial charge is 0.497 e. The van der Waals surface area contributed by atoms with E-state index in [1.165, 1.54) is 10.4 Å². The number of fused-ring (bicyclic) bond motifs is 1. The van der Waals surface area contributed by atoms with Gasteiger partial charge in [-0.2, -0.15) is 0 Å². The van der Waals surface area contributed by atoms with Gasteiger partial charge in [-0.05, 0) is 79.4 Å². The smallest absolute Gasteiger partial charge is 0.119 e. The fraction of sp³-hybridized carbons (Fsp3) is 0.500. The van der Waals surface area contributed by atoms with E-state index in [1.54, 1.807) is 18.4 Å². The number of rotatable bonds is 11. The van der Waals surface area contributed by atoms with Gasteiger partial charge in [0.05, 0.1) is 22.9 Å². The van der Waals surface area contributed by atoms with Gasteiger partial charge in [0.15, 0.2) is 0 Å². The molecule has 0 aliphatic carbocycles. The van der Waals surface area contributed by atoms with Crippen molar-refractivity contribution in [2.45, 2.75) is 42.7 Å². The number of aromatic nitrogens is 1. The lowest BCUT2D eigenvalue weighted by molar-refractivity contribution is 0.0253. The van der Waals surface area contributed by atoms with Gasteiger partial charge in [0.1, 0.15) is 12.4 Å². The van der Waals surface area contributed by atoms with Crippen molar-refractivity contribution in [1.29, 1.82) is 0 Å². The number of ether oxygens (including phenoxy) is 1. The Morgan fingerprint density at radius 3 is 2.79 bits per heavy atom. The molecule has 4 rings (SSSR count). The predicted molar refractivity (Wildman–Crippen MR) is 138 cm³/mol. The summed E-state index contributed by atoms with van der Waals surface area (Å²) in [6.07, 6.45) is 3.66. The summed E-state index contributed by atoms with van der Waals surface area (Å²) in [5.74, 6) is 1.71. The van der Waals surface area contributed by atoms with Gasteiger partial charge in [0.25, 0.3) is 0 Å². The normalized spacial score (nSPS) is 17.2. The number of hydrogen-bond donors (Lipinski definition) is 2. The van der Waals surface area contributed by atoms with Crippen molar-refractivity contribution in [3.63, 3.8) is 0 Å². The summed E-state index contributed by atoms with van der Waals surface area (Å²) in [5, 5.41) is 24.3. The van der Waals surface area contributed by atoms with Crippen LogP contribution in [0.25, 0.3) is 10.9 Å². The van der Waals surface area contributed by atoms with Crippen LogP contribution in [0.5, 0.6) is 5.75 Å². The van der Waals surface area contributed by atoms with Gasteiger partial charge >= 0.3 is 0 Å². The second-order valence-corrected chi connectivity index (χ2v) is 11.4. The van der Waals surface area contributed by atoms with Crippen molar-refractivity contribution in [3.05, 3.63) is 53.0 Å². The van der Waals surface area contributed by atoms with Crippen molar-refractivity contribution >= 4 is 34.0 Å². The van der Waals surface area contributed by atoms with Gasteiger partial charge in [-0.1, -0.05) is 6.07 Å². The number of thiophene rings is 1. The standard InChI is InChI=1S/C26H33FN2O3S2/c1-32-20-4-5-22-21(15-20)25(19(16-27)17-28-22)23(31)6-7-26(18-30)8-10-29(11-9-26)12-14-34-24-3-2-13-33-24/h2-5,13,15,17,23,30-31H,6-12,14,16,18H2,1H3/t23-/m1/s1. The number of hydrogen-bond acceptors (Lipinski definition) is 7. The van der Waals surface area contributed by atoms with Gasteiger partial charge in [-0.15, -0.1) is 23.1 Å². The Bertz CT molecular complexity index is 1050. The minimum absolute atomic E-state index is 0.110. The molecule has 1 aliphatic heterocycles. The first-order valence-electron chi connectivity index (χ1n) is 11.8. The van der Waals surface area contributed by atoms with Crippen molar-refractivity contribution in [2.75, 3.05) is 39.1 Å². The van der Waals surface area contributed by atoms with Crippen LogP contribution in [-0.2, 0) is 6.67 Å². The van der Waals surface area contributed by atoms with Gasteiger partial charge in [-0.25, -0.2) is 4.39 Å². The Morgan fingerprint density at radius 2 is 2.12 bits per heavy atom. The number of likely N-dealkylation sites (tertiary alicyclic amines) is 1. The second-order valence-electron chi connectivity index (χ2n) is 9.05. The molecule has 3 heterocycles. The van der Waals surface area contributed by atoms with E-state index >= 15 is 0 Å². The van der Waals surface area contributed by atoms with Crippen LogP contribution in [0.4, 0.5) is 4.39 Å². The summed E-state index contributed by atoms with van der Waals surface area (Å²) in [5.41, 5.74) is 1.50. The van der Waals surface area contributed by atoms with Crippen LogP contribution in [0.1, 0.15) is 42.9 Å². The first kappa shape index (κ1) is 25.4. The van der Waals surface area contributed by atoms with Crippen LogP contribution in [0.3, 0.4) is 0 Å². The average Bonchev–Trinajstić information content (AvgIpc) is 3.40. The Hall–Kier alpha value is -1.71. The molecule has 0 spiro atoms. The lowest BCUT2D eigenvalue weighted by atomic mass is 9.74. The van der Waals surface area contributed by atoms with E-state index in [9.17, 15) is 14.6 Å². The molecule has 2 aromatic heterocycles. The van der Waals surface area contributed by atoms with Gasteiger partial charge < -0.3 is 19.8 Å². The Labute approximate surface area is 209 Å². The molecule has 1 aliphatic rings. The summed E-state index contributed by atoms with van der Waals surface area (Å²) in [6.45, 7) is 2.37. The Morgan fingerprint density at radius 1 is 1.29 bits per heavy atom. The third-order valence-electron chi connectivity index (χ3n) is 7.02. The fourth-order valence-electron chi connectivity index (χ4n) is 4.81. The van der Waals surface area contributed by atoms with E-state index in [0.29, 0.717) is 35.2 Å². The first-order valence-corrected chi connectivity index (χ1v) is 13.6. The number of halogens is 1. The molecule has 1 aromatic carbocycles. The van der Waals surface area contributed by atoms with Crippen LogP contribution in [0.15, 0.2) is 46.1 Å². The van der Waals surface area contributed by atoms with Crippen molar-refractivity contribution in [1.82, 2.24) is 9.88 Å². The minimum Gasteiger partial charge on any atom is -0.497 e. The number of benzene rings is 1. The molecular weight excluding hydrogens is 471 g/mol. The predicted octanol–water partition coefficient (Wildman–Crippen LogP) is 5.45. The third kappa shape index (κ3) is 5.91. The molecule has 1 atom stereocenters. The number of aliphatic hydroxyl groups is 2. The molecule has 0 bridgehead atoms. The molecule has 0 radical (unpaired) electrons. The van der Waals surface area contributed by atoms with E-state index in [4.69, 9.17) is 4.74 Å². The molecule has 34 heavy (non-hydrogen) atoms. The monoisotopic (exact) mass is 504 g/mol. The quantitative estimate of drug-likeness (QED) is 0.338. The molecular formula is C26H33FN2O3S2. The number of methoxy groups -OCH3 is 1. The molecule has 0 saturated carbocycles. The number of aliphatic hydroxyl groups excluding tert-OH is 2. The van der Waals surface area contributed by atoms with E-state index in [0.717, 1.165) is 43.6 Å². The average molecular weight is 505 g/mol. The van der Waals surface area contributed by atoms with Crippen LogP contribution in [0.2, 0.25) is 0 Å². The van der Waals surface area contributed by atoms with Crippen molar-refractivity contribution in [2.24, 2.45) is 5.41 Å². The summed E-state index contributed by atoms with van der Waals surface area (Å²) < 4.78 is 20.5. The molecule has 1 saturated heterocycles. The molecule has 0 unspecified atom stereocenters. The third-order valence-corrected chi connectivity index (χ3v) is 9.13. The molecule has 184 valence electrons. The second kappa shape index (κ2) is 11.8. The number of piperidine rings is 1. The Balaban J connectivity index is 1.38. The Kier molecular flexibility index (Phi) is 8.82. The maximum Gasteiger partial charge on any atom is 0.119 e. The van der Waals surface area contributed by atoms with Crippen molar-refractivity contribution in [3.8, 4) is 5.75 Å². The number of thioether (sulfide) groups is 1. The van der Waals surface area contributed by atoms with E-state index in [2.05, 4.69) is 27.4 Å². The van der Waals surface area contributed by atoms with Gasteiger partial charge in [0, 0.05) is 36.1 Å². The molecule has 2 N–H and O–H groups in total. The summed E-state index contributed by atoms with van der Waals surface area (Å²) >= 11 is 3.67. The SMILES string of the molecule is COc1ccc2ncc(CF)c([C@H](O)CCC3(CO)CCN(CCSc4cccs4)CC3)c2c1. The van der Waals surface area contributed by atoms with E-state index in [-0.39, 0.29) is 12.0 Å². The number of alkyl halides is 1. The van der Waals surface area contributed by atoms with Gasteiger partial charge in [0.2, 0.25) is 0 Å². The molecule has 1 fully saturated rings. The lowest BCUT2D eigenvalue weighted by Crippen LogP contribution is -2.43. The highest BCUT2D eigenvalue weighted by atomic mass is 32.2. The van der Waals surface area contributed by atoms with E-state index in [1.807, 2.05) is 30.0 Å². The molecule has 8 heteroatoms. The summed E-state index contributed by atoms with van der Waals surface area (Å²) in [7, 11) is 1.59. The summed E-state index contributed by atoms with van der Waals surface area (Å²) in [6, 6.07) is 9.69. The summed E-state index contributed by atoms with van der Waals surface area (Å²) in [4.78, 5) is 6.81.